The highest BCUT2D eigenvalue weighted by Crippen LogP contribution is 2.33. The monoisotopic (exact) mass is 385 g/mol. The van der Waals surface area contributed by atoms with Crippen LogP contribution in [0.3, 0.4) is 0 Å². The van der Waals surface area contributed by atoms with Crippen LogP contribution in [0.2, 0.25) is 0 Å². The molecule has 0 N–H and O–H groups in total. The molecule has 1 nitrogen and oxygen atoms in total. The second-order valence-electron chi connectivity index (χ2n) is 9.67. The average molecular weight is 386 g/mol. The highest BCUT2D eigenvalue weighted by molar-refractivity contribution is 5.48. The Morgan fingerprint density at radius 3 is 1.68 bits per heavy atom. The number of hydrogen-bond acceptors (Lipinski definition) is 1. The predicted octanol–water partition coefficient (Wildman–Crippen LogP) is 8.50. The van der Waals surface area contributed by atoms with E-state index in [9.17, 15) is 0 Å². The van der Waals surface area contributed by atoms with Gasteiger partial charge in [-0.3, -0.25) is 4.90 Å². The lowest BCUT2D eigenvalue weighted by atomic mass is 9.85. The summed E-state index contributed by atoms with van der Waals surface area (Å²) in [6.07, 6.45) is 18.0. The summed E-state index contributed by atoms with van der Waals surface area (Å²) in [4.78, 5) is 2.78. The molecule has 0 unspecified atom stereocenters. The second kappa shape index (κ2) is 13.2. The Balaban J connectivity index is 2.83. The summed E-state index contributed by atoms with van der Waals surface area (Å²) in [5.74, 6) is 0. The lowest BCUT2D eigenvalue weighted by Crippen LogP contribution is -2.55. The number of benzene rings is 1. The highest BCUT2D eigenvalue weighted by Gasteiger charge is 2.36. The van der Waals surface area contributed by atoms with E-state index < -0.39 is 0 Å². The fraction of sp³-hybridized carbons (Fsp3) is 0.704. The predicted molar refractivity (Wildman–Crippen MR) is 128 cm³/mol. The van der Waals surface area contributed by atoms with E-state index in [2.05, 4.69) is 88.9 Å². The van der Waals surface area contributed by atoms with Crippen LogP contribution in [0, 0.1) is 0 Å². The first-order valence-corrected chi connectivity index (χ1v) is 11.8. The molecule has 0 radical (unpaired) electrons. The molecule has 1 aromatic carbocycles. The smallest absolute Gasteiger partial charge is 0.0177 e. The van der Waals surface area contributed by atoms with Gasteiger partial charge >= 0.3 is 0 Å². The molecule has 28 heavy (non-hydrogen) atoms. The molecule has 1 aromatic rings. The molecule has 1 heteroatoms. The molecule has 0 atom stereocenters. The van der Waals surface area contributed by atoms with Crippen LogP contribution in [0.1, 0.15) is 111 Å². The molecule has 0 bridgehead atoms. The Labute approximate surface area is 176 Å². The van der Waals surface area contributed by atoms with Gasteiger partial charge < -0.3 is 0 Å². The molecule has 160 valence electrons. The van der Waals surface area contributed by atoms with Gasteiger partial charge in [-0.2, -0.15) is 0 Å². The maximum atomic E-state index is 2.78. The van der Waals surface area contributed by atoms with Crippen LogP contribution in [-0.2, 0) is 0 Å². The summed E-state index contributed by atoms with van der Waals surface area (Å²) >= 11 is 0. The van der Waals surface area contributed by atoms with Gasteiger partial charge in [0.15, 0.2) is 0 Å². The van der Waals surface area contributed by atoms with Gasteiger partial charge in [0.1, 0.15) is 0 Å². The van der Waals surface area contributed by atoms with Crippen molar-refractivity contribution in [1.82, 2.24) is 4.90 Å². The molecule has 0 heterocycles. The zero-order chi connectivity index (χ0) is 20.9. The molecule has 0 aliphatic heterocycles. The topological polar surface area (TPSA) is 3.24 Å². The molecule has 0 aliphatic carbocycles. The van der Waals surface area contributed by atoms with Crippen LogP contribution >= 0.6 is 0 Å². The van der Waals surface area contributed by atoms with Crippen molar-refractivity contribution in [3.05, 3.63) is 42.0 Å². The molecular weight excluding hydrogens is 338 g/mol. The third-order valence-corrected chi connectivity index (χ3v) is 6.14. The third kappa shape index (κ3) is 9.41. The SMILES string of the molecule is CCCCCCC(C)(C)N(C/C=C/c1ccccc1)C(C)(C)CCCCCC. The van der Waals surface area contributed by atoms with Gasteiger partial charge in [-0.1, -0.05) is 108 Å². The fourth-order valence-corrected chi connectivity index (χ4v) is 4.41. The summed E-state index contributed by atoms with van der Waals surface area (Å²) in [5.41, 5.74) is 1.75. The molecule has 0 amide bonds. The highest BCUT2D eigenvalue weighted by atomic mass is 15.2. The minimum atomic E-state index is 0.225. The fourth-order valence-electron chi connectivity index (χ4n) is 4.41. The van der Waals surface area contributed by atoms with Gasteiger partial charge in [0.25, 0.3) is 0 Å². The minimum absolute atomic E-state index is 0.225. The Hall–Kier alpha value is -1.08. The largest absolute Gasteiger partial charge is 0.289 e. The Morgan fingerprint density at radius 1 is 0.714 bits per heavy atom. The normalized spacial score (nSPS) is 13.0. The number of rotatable bonds is 15. The van der Waals surface area contributed by atoms with E-state index in [-0.39, 0.29) is 11.1 Å². The molecule has 1 rings (SSSR count). The van der Waals surface area contributed by atoms with Crippen LogP contribution in [0.5, 0.6) is 0 Å². The van der Waals surface area contributed by atoms with E-state index in [1.165, 1.54) is 69.8 Å². The molecule has 0 saturated heterocycles. The second-order valence-corrected chi connectivity index (χ2v) is 9.67. The van der Waals surface area contributed by atoms with Crippen molar-refractivity contribution in [3.63, 3.8) is 0 Å². The molecule has 0 fully saturated rings. The molecule has 0 aromatic heterocycles. The summed E-state index contributed by atoms with van der Waals surface area (Å²) < 4.78 is 0. The molecule has 0 aliphatic rings. The van der Waals surface area contributed by atoms with Gasteiger partial charge in [0.05, 0.1) is 0 Å². The van der Waals surface area contributed by atoms with E-state index >= 15 is 0 Å². The van der Waals surface area contributed by atoms with Crippen molar-refractivity contribution in [2.24, 2.45) is 0 Å². The zero-order valence-corrected chi connectivity index (χ0v) is 19.8. The lowest BCUT2D eigenvalue weighted by Gasteiger charge is -2.49. The average Bonchev–Trinajstić information content (AvgIpc) is 2.66. The maximum absolute atomic E-state index is 2.78. The molecular formula is C27H47N. The van der Waals surface area contributed by atoms with Crippen molar-refractivity contribution in [3.8, 4) is 0 Å². The van der Waals surface area contributed by atoms with Crippen molar-refractivity contribution in [1.29, 1.82) is 0 Å². The standard InChI is InChI=1S/C27H47N/c1-7-9-11-16-22-26(3,4)28(27(5,6)23-17-12-10-8-2)24-18-21-25-19-14-13-15-20-25/h13-15,18-21H,7-12,16-17,22-24H2,1-6H3/b21-18+. The van der Waals surface area contributed by atoms with E-state index in [0.717, 1.165) is 6.54 Å². The minimum Gasteiger partial charge on any atom is -0.289 e. The first-order chi connectivity index (χ1) is 13.3. The van der Waals surface area contributed by atoms with Gasteiger partial charge in [-0.05, 0) is 46.1 Å². The lowest BCUT2D eigenvalue weighted by molar-refractivity contribution is 0.0146. The Morgan fingerprint density at radius 2 is 1.21 bits per heavy atom. The Kier molecular flexibility index (Phi) is 11.8. The van der Waals surface area contributed by atoms with E-state index in [1.54, 1.807) is 0 Å². The Bertz CT molecular complexity index is 502. The summed E-state index contributed by atoms with van der Waals surface area (Å²) in [5, 5.41) is 0. The number of nitrogens with zero attached hydrogens (tertiary/aromatic N) is 1. The van der Waals surface area contributed by atoms with Crippen LogP contribution in [-0.4, -0.2) is 22.5 Å². The number of unbranched alkanes of at least 4 members (excludes halogenated alkanes) is 6. The van der Waals surface area contributed by atoms with Crippen molar-refractivity contribution >= 4 is 6.08 Å². The summed E-state index contributed by atoms with van der Waals surface area (Å²) in [7, 11) is 0. The zero-order valence-electron chi connectivity index (χ0n) is 19.8. The van der Waals surface area contributed by atoms with Crippen LogP contribution in [0.25, 0.3) is 6.08 Å². The quantitative estimate of drug-likeness (QED) is 0.273. The van der Waals surface area contributed by atoms with Gasteiger partial charge in [0, 0.05) is 17.6 Å². The third-order valence-electron chi connectivity index (χ3n) is 6.14. The van der Waals surface area contributed by atoms with Gasteiger partial charge in [-0.15, -0.1) is 0 Å². The van der Waals surface area contributed by atoms with E-state index in [0.29, 0.717) is 0 Å². The van der Waals surface area contributed by atoms with Crippen molar-refractivity contribution in [2.75, 3.05) is 6.54 Å². The molecule has 0 saturated carbocycles. The number of hydrogen-bond donors (Lipinski definition) is 0. The first-order valence-electron chi connectivity index (χ1n) is 11.8. The maximum Gasteiger partial charge on any atom is 0.0177 e. The van der Waals surface area contributed by atoms with E-state index in [4.69, 9.17) is 0 Å². The van der Waals surface area contributed by atoms with Crippen molar-refractivity contribution < 1.29 is 0 Å². The van der Waals surface area contributed by atoms with Crippen LogP contribution in [0.15, 0.2) is 36.4 Å². The van der Waals surface area contributed by atoms with Crippen LogP contribution in [0.4, 0.5) is 0 Å². The van der Waals surface area contributed by atoms with E-state index in [1.807, 2.05) is 0 Å². The van der Waals surface area contributed by atoms with Gasteiger partial charge in [0.2, 0.25) is 0 Å². The summed E-state index contributed by atoms with van der Waals surface area (Å²) in [6.45, 7) is 15.5. The van der Waals surface area contributed by atoms with Crippen molar-refractivity contribution in [2.45, 2.75) is 117 Å². The molecule has 0 spiro atoms. The van der Waals surface area contributed by atoms with Gasteiger partial charge in [-0.25, -0.2) is 0 Å². The first kappa shape index (κ1) is 25.0. The summed E-state index contributed by atoms with van der Waals surface area (Å²) in [6, 6.07) is 10.7. The van der Waals surface area contributed by atoms with Crippen LogP contribution < -0.4 is 0 Å².